The first-order valence-electron chi connectivity index (χ1n) is 8.88. The number of ketones is 1. The Morgan fingerprint density at radius 2 is 2.12 bits per heavy atom. The summed E-state index contributed by atoms with van der Waals surface area (Å²) in [4.78, 5) is 38.4. The number of methoxy groups -OCH3 is 1. The second-order valence-corrected chi connectivity index (χ2v) is 6.79. The lowest BCUT2D eigenvalue weighted by molar-refractivity contribution is -0.135. The van der Waals surface area contributed by atoms with E-state index >= 15 is 0 Å². The fourth-order valence-corrected chi connectivity index (χ4v) is 3.49. The zero-order valence-corrected chi connectivity index (χ0v) is 15.0. The Balaban J connectivity index is 1.65. The average Bonchev–Trinajstić information content (AvgIpc) is 2.76. The molecular weight excluding hydrogens is 336 g/mol. The summed E-state index contributed by atoms with van der Waals surface area (Å²) in [6, 6.07) is 7.22. The number of ether oxygens (including phenoxy) is 2. The van der Waals surface area contributed by atoms with Crippen LogP contribution in [-0.2, 0) is 14.3 Å². The smallest absolute Gasteiger partial charge is 0.239 e. The molecule has 2 heterocycles. The molecule has 0 aliphatic carbocycles. The van der Waals surface area contributed by atoms with Gasteiger partial charge in [0, 0.05) is 33.0 Å². The highest BCUT2D eigenvalue weighted by molar-refractivity contribution is 6.00. The third-order valence-electron chi connectivity index (χ3n) is 4.94. The van der Waals surface area contributed by atoms with Crippen molar-refractivity contribution in [1.82, 2.24) is 10.2 Å². The van der Waals surface area contributed by atoms with E-state index in [9.17, 15) is 14.4 Å². The number of benzene rings is 1. The highest BCUT2D eigenvalue weighted by atomic mass is 16.5. The van der Waals surface area contributed by atoms with E-state index in [0.29, 0.717) is 43.9 Å². The van der Waals surface area contributed by atoms with E-state index in [2.05, 4.69) is 5.32 Å². The fourth-order valence-electron chi connectivity index (χ4n) is 3.49. The van der Waals surface area contributed by atoms with Gasteiger partial charge < -0.3 is 19.7 Å². The van der Waals surface area contributed by atoms with E-state index in [-0.39, 0.29) is 37.0 Å². The van der Waals surface area contributed by atoms with Crippen LogP contribution in [0.3, 0.4) is 0 Å². The lowest BCUT2D eigenvalue weighted by atomic mass is 9.84. The first-order valence-corrected chi connectivity index (χ1v) is 8.88. The number of hydrogen-bond acceptors (Lipinski definition) is 5. The third-order valence-corrected chi connectivity index (χ3v) is 4.94. The largest absolute Gasteiger partial charge is 0.486 e. The maximum Gasteiger partial charge on any atom is 0.239 e. The van der Waals surface area contributed by atoms with E-state index < -0.39 is 5.60 Å². The van der Waals surface area contributed by atoms with Crippen LogP contribution < -0.4 is 10.1 Å². The number of nitrogens with zero attached hydrogens (tertiary/aromatic N) is 1. The number of carbonyl (C=O) groups excluding carboxylic acids is 3. The van der Waals surface area contributed by atoms with Crippen molar-refractivity contribution < 1.29 is 23.9 Å². The molecule has 0 bridgehead atoms. The molecule has 1 atom stereocenters. The molecule has 1 fully saturated rings. The molecule has 0 radical (unpaired) electrons. The van der Waals surface area contributed by atoms with Crippen LogP contribution in [0, 0.1) is 0 Å². The number of para-hydroxylation sites is 1. The molecule has 2 aliphatic rings. The van der Waals surface area contributed by atoms with Crippen molar-refractivity contribution in [3.8, 4) is 5.75 Å². The molecule has 1 unspecified atom stereocenters. The predicted octanol–water partition coefficient (Wildman–Crippen LogP) is 1.17. The van der Waals surface area contributed by atoms with Crippen LogP contribution in [-0.4, -0.2) is 61.4 Å². The lowest BCUT2D eigenvalue weighted by Gasteiger charge is -2.37. The van der Waals surface area contributed by atoms with Crippen LogP contribution in [0.4, 0.5) is 0 Å². The van der Waals surface area contributed by atoms with Gasteiger partial charge in [-0.1, -0.05) is 12.1 Å². The summed E-state index contributed by atoms with van der Waals surface area (Å²) >= 11 is 0. The van der Waals surface area contributed by atoms with Crippen molar-refractivity contribution in [2.24, 2.45) is 0 Å². The first kappa shape index (κ1) is 18.4. The molecule has 1 aromatic rings. The van der Waals surface area contributed by atoms with Crippen LogP contribution >= 0.6 is 0 Å². The minimum Gasteiger partial charge on any atom is -0.486 e. The SMILES string of the molecule is COCCNC(=O)CN1CCC2(CCC1=O)CC(=O)c1ccccc1O2. The number of likely N-dealkylation sites (tertiary alicyclic amines) is 1. The maximum absolute atomic E-state index is 12.5. The summed E-state index contributed by atoms with van der Waals surface area (Å²) < 4.78 is 11.1. The quantitative estimate of drug-likeness (QED) is 0.797. The number of nitrogens with one attached hydrogen (secondary N) is 1. The van der Waals surface area contributed by atoms with Gasteiger partial charge in [-0.25, -0.2) is 0 Å². The molecule has 26 heavy (non-hydrogen) atoms. The summed E-state index contributed by atoms with van der Waals surface area (Å²) in [7, 11) is 1.56. The summed E-state index contributed by atoms with van der Waals surface area (Å²) in [6.45, 7) is 1.25. The molecule has 3 rings (SSSR count). The van der Waals surface area contributed by atoms with E-state index in [0.717, 1.165) is 0 Å². The number of fused-ring (bicyclic) bond motifs is 1. The number of rotatable bonds is 5. The lowest BCUT2D eigenvalue weighted by Crippen LogP contribution is -2.44. The van der Waals surface area contributed by atoms with Gasteiger partial charge in [0.1, 0.15) is 11.4 Å². The van der Waals surface area contributed by atoms with Crippen LogP contribution in [0.5, 0.6) is 5.75 Å². The number of Topliss-reactive ketones (excluding diaryl/α,β-unsaturated/α-hetero) is 1. The first-order chi connectivity index (χ1) is 12.5. The molecule has 1 saturated heterocycles. The van der Waals surface area contributed by atoms with Crippen molar-refractivity contribution in [2.75, 3.05) is 33.4 Å². The van der Waals surface area contributed by atoms with E-state index in [4.69, 9.17) is 9.47 Å². The van der Waals surface area contributed by atoms with Crippen molar-refractivity contribution in [3.05, 3.63) is 29.8 Å². The number of carbonyl (C=O) groups is 3. The summed E-state index contributed by atoms with van der Waals surface area (Å²) in [5.41, 5.74) is -0.0642. The number of amides is 2. The molecule has 1 N–H and O–H groups in total. The molecule has 140 valence electrons. The van der Waals surface area contributed by atoms with Gasteiger partial charge in [0.2, 0.25) is 11.8 Å². The molecule has 2 aliphatic heterocycles. The van der Waals surface area contributed by atoms with Crippen LogP contribution in [0.2, 0.25) is 0 Å². The highest BCUT2D eigenvalue weighted by Crippen LogP contribution is 2.39. The predicted molar refractivity (Wildman–Crippen MR) is 94.1 cm³/mol. The van der Waals surface area contributed by atoms with Crippen LogP contribution in [0.1, 0.15) is 36.0 Å². The van der Waals surface area contributed by atoms with Gasteiger partial charge in [-0.05, 0) is 18.6 Å². The monoisotopic (exact) mass is 360 g/mol. The molecule has 2 amide bonds. The van der Waals surface area contributed by atoms with Gasteiger partial charge in [0.25, 0.3) is 0 Å². The van der Waals surface area contributed by atoms with Crippen molar-refractivity contribution >= 4 is 17.6 Å². The second-order valence-electron chi connectivity index (χ2n) is 6.79. The average molecular weight is 360 g/mol. The molecule has 1 spiro atoms. The van der Waals surface area contributed by atoms with E-state index in [1.165, 1.54) is 0 Å². The zero-order chi connectivity index (χ0) is 18.6. The maximum atomic E-state index is 12.5. The van der Waals surface area contributed by atoms with Crippen molar-refractivity contribution in [2.45, 2.75) is 31.3 Å². The van der Waals surface area contributed by atoms with Gasteiger partial charge in [0.15, 0.2) is 5.78 Å². The Morgan fingerprint density at radius 1 is 1.31 bits per heavy atom. The zero-order valence-electron chi connectivity index (χ0n) is 15.0. The topological polar surface area (TPSA) is 84.9 Å². The molecular formula is C19H24N2O5. The summed E-state index contributed by atoms with van der Waals surface area (Å²) in [6.07, 6.45) is 1.55. The Morgan fingerprint density at radius 3 is 2.92 bits per heavy atom. The van der Waals surface area contributed by atoms with E-state index in [1.807, 2.05) is 12.1 Å². The van der Waals surface area contributed by atoms with Crippen LogP contribution in [0.25, 0.3) is 0 Å². The van der Waals surface area contributed by atoms with Crippen molar-refractivity contribution in [1.29, 1.82) is 0 Å². The highest BCUT2D eigenvalue weighted by Gasteiger charge is 2.43. The molecule has 0 aromatic heterocycles. The third kappa shape index (κ3) is 4.04. The fraction of sp³-hybridized carbons (Fsp3) is 0.526. The molecule has 0 saturated carbocycles. The Bertz CT molecular complexity index is 705. The van der Waals surface area contributed by atoms with Gasteiger partial charge in [-0.3, -0.25) is 14.4 Å². The minimum atomic E-state index is -0.664. The van der Waals surface area contributed by atoms with Gasteiger partial charge in [-0.2, -0.15) is 0 Å². The Hall–Kier alpha value is -2.41. The minimum absolute atomic E-state index is 0.0170. The van der Waals surface area contributed by atoms with Gasteiger partial charge in [-0.15, -0.1) is 0 Å². The van der Waals surface area contributed by atoms with Crippen LogP contribution in [0.15, 0.2) is 24.3 Å². The van der Waals surface area contributed by atoms with Crippen molar-refractivity contribution in [3.63, 3.8) is 0 Å². The Labute approximate surface area is 152 Å². The normalized spacial score (nSPS) is 22.6. The Kier molecular flexibility index (Phi) is 5.56. The molecule has 1 aromatic carbocycles. The molecule has 7 nitrogen and oxygen atoms in total. The van der Waals surface area contributed by atoms with E-state index in [1.54, 1.807) is 24.1 Å². The van der Waals surface area contributed by atoms with Gasteiger partial charge in [0.05, 0.1) is 25.1 Å². The summed E-state index contributed by atoms with van der Waals surface area (Å²) in [5.74, 6) is 0.336. The molecule has 7 heteroatoms. The second kappa shape index (κ2) is 7.86. The summed E-state index contributed by atoms with van der Waals surface area (Å²) in [5, 5.41) is 2.72. The standard InChI is InChI=1S/C19H24N2O5/c1-25-11-9-20-17(23)13-21-10-8-19(7-6-18(21)24)12-15(22)14-4-2-3-5-16(14)26-19/h2-5H,6-13H2,1H3,(H,20,23). The number of hydrogen-bond donors (Lipinski definition) is 1. The van der Waals surface area contributed by atoms with Gasteiger partial charge >= 0.3 is 0 Å².